The van der Waals surface area contributed by atoms with Crippen LogP contribution in [-0.4, -0.2) is 0 Å². The van der Waals surface area contributed by atoms with Gasteiger partial charge in [0.1, 0.15) is 0 Å². The maximum absolute atomic E-state index is 2.45. The van der Waals surface area contributed by atoms with Gasteiger partial charge in [0.25, 0.3) is 0 Å². The molecule has 0 bridgehead atoms. The molecule has 1 rings (SSSR count). The van der Waals surface area contributed by atoms with E-state index in [0.29, 0.717) is 0 Å². The van der Waals surface area contributed by atoms with Crippen LogP contribution in [0.3, 0.4) is 0 Å². The first-order valence-corrected chi connectivity index (χ1v) is 6.24. The van der Waals surface area contributed by atoms with Crippen molar-refractivity contribution in [2.24, 2.45) is 17.8 Å². The lowest BCUT2D eigenvalue weighted by Gasteiger charge is -2.12. The van der Waals surface area contributed by atoms with Gasteiger partial charge in [0.2, 0.25) is 0 Å². The van der Waals surface area contributed by atoms with E-state index in [1.165, 1.54) is 44.9 Å². The van der Waals surface area contributed by atoms with Crippen molar-refractivity contribution >= 4 is 0 Å². The molecule has 1 aliphatic rings. The van der Waals surface area contributed by atoms with Gasteiger partial charge in [-0.15, -0.1) is 0 Å². The summed E-state index contributed by atoms with van der Waals surface area (Å²) in [6.07, 6.45) is 10.2. The maximum Gasteiger partial charge on any atom is -0.0388 e. The molecule has 1 fully saturated rings. The molecular weight excluding hydrogens is 156 g/mol. The number of hydrogen-bond acceptors (Lipinski definition) is 0. The van der Waals surface area contributed by atoms with E-state index in [0.717, 1.165) is 17.8 Å². The second-order valence-electron chi connectivity index (χ2n) is 5.14. The predicted octanol–water partition coefficient (Wildman–Crippen LogP) is 4.64. The molecule has 0 aromatic carbocycles. The zero-order chi connectivity index (χ0) is 9.68. The van der Waals surface area contributed by atoms with E-state index in [4.69, 9.17) is 0 Å². The fourth-order valence-corrected chi connectivity index (χ4v) is 2.33. The molecule has 2 unspecified atom stereocenters. The molecule has 0 saturated heterocycles. The normalized spacial score (nSPS) is 21.5. The highest BCUT2D eigenvalue weighted by Gasteiger charge is 2.27. The Morgan fingerprint density at radius 2 is 1.77 bits per heavy atom. The largest absolute Gasteiger partial charge is 0.0654 e. The van der Waals surface area contributed by atoms with Gasteiger partial charge in [0.05, 0.1) is 0 Å². The Morgan fingerprint density at radius 1 is 1.08 bits per heavy atom. The monoisotopic (exact) mass is 182 g/mol. The van der Waals surface area contributed by atoms with Crippen LogP contribution in [0.4, 0.5) is 0 Å². The molecule has 0 aromatic rings. The Bertz CT molecular complexity index is 124. The van der Waals surface area contributed by atoms with Crippen LogP contribution < -0.4 is 0 Å². The van der Waals surface area contributed by atoms with Crippen LogP contribution >= 0.6 is 0 Å². The summed E-state index contributed by atoms with van der Waals surface area (Å²) < 4.78 is 0. The zero-order valence-electron chi connectivity index (χ0n) is 9.68. The van der Waals surface area contributed by atoms with Crippen LogP contribution in [0.15, 0.2) is 0 Å². The minimum atomic E-state index is 0.969. The number of hydrogen-bond donors (Lipinski definition) is 0. The summed E-state index contributed by atoms with van der Waals surface area (Å²) in [5.74, 6) is 3.10. The fraction of sp³-hybridized carbons (Fsp3) is 1.00. The van der Waals surface area contributed by atoms with E-state index in [1.807, 2.05) is 0 Å². The minimum Gasteiger partial charge on any atom is -0.0654 e. The molecule has 0 spiro atoms. The lowest BCUT2D eigenvalue weighted by Crippen LogP contribution is -1.99. The summed E-state index contributed by atoms with van der Waals surface area (Å²) in [7, 11) is 0. The van der Waals surface area contributed by atoms with E-state index in [-0.39, 0.29) is 0 Å². The van der Waals surface area contributed by atoms with Crippen molar-refractivity contribution in [3.63, 3.8) is 0 Å². The molecule has 0 amide bonds. The SMILES string of the molecule is CCCC(C)CCCC(C)C1CC1. The molecule has 1 aliphatic carbocycles. The van der Waals surface area contributed by atoms with E-state index >= 15 is 0 Å². The fourth-order valence-electron chi connectivity index (χ4n) is 2.33. The Balaban J connectivity index is 1.92. The lowest BCUT2D eigenvalue weighted by molar-refractivity contribution is 0.398. The first kappa shape index (κ1) is 11.1. The third-order valence-corrected chi connectivity index (χ3v) is 3.56. The molecular formula is C13H26. The maximum atomic E-state index is 2.45. The molecule has 0 nitrogen and oxygen atoms in total. The smallest absolute Gasteiger partial charge is 0.0388 e. The Kier molecular flexibility index (Phi) is 4.83. The van der Waals surface area contributed by atoms with Crippen molar-refractivity contribution in [1.29, 1.82) is 0 Å². The Hall–Kier alpha value is 0. The van der Waals surface area contributed by atoms with Gasteiger partial charge >= 0.3 is 0 Å². The second-order valence-corrected chi connectivity index (χ2v) is 5.14. The highest BCUT2D eigenvalue weighted by molar-refractivity contribution is 4.78. The predicted molar refractivity (Wildman–Crippen MR) is 59.8 cm³/mol. The Morgan fingerprint density at radius 3 is 2.31 bits per heavy atom. The highest BCUT2D eigenvalue weighted by atomic mass is 14.3. The van der Waals surface area contributed by atoms with Gasteiger partial charge in [-0.05, 0) is 30.6 Å². The molecule has 0 radical (unpaired) electrons. The third-order valence-electron chi connectivity index (χ3n) is 3.56. The number of rotatable bonds is 7. The van der Waals surface area contributed by atoms with Crippen molar-refractivity contribution in [2.45, 2.75) is 65.7 Å². The van der Waals surface area contributed by atoms with Crippen LogP contribution in [0, 0.1) is 17.8 Å². The summed E-state index contributed by atoms with van der Waals surface area (Å²) in [4.78, 5) is 0. The van der Waals surface area contributed by atoms with E-state index in [1.54, 1.807) is 0 Å². The minimum absolute atomic E-state index is 0.969. The van der Waals surface area contributed by atoms with Crippen molar-refractivity contribution in [3.8, 4) is 0 Å². The van der Waals surface area contributed by atoms with Crippen molar-refractivity contribution in [3.05, 3.63) is 0 Å². The van der Waals surface area contributed by atoms with E-state index in [2.05, 4.69) is 20.8 Å². The quantitative estimate of drug-likeness (QED) is 0.538. The molecule has 0 heteroatoms. The van der Waals surface area contributed by atoms with E-state index in [9.17, 15) is 0 Å². The average Bonchev–Trinajstić information content (AvgIpc) is 2.86. The van der Waals surface area contributed by atoms with Crippen molar-refractivity contribution in [1.82, 2.24) is 0 Å². The average molecular weight is 182 g/mol. The van der Waals surface area contributed by atoms with Crippen molar-refractivity contribution in [2.75, 3.05) is 0 Å². The van der Waals surface area contributed by atoms with Gasteiger partial charge in [-0.3, -0.25) is 0 Å². The summed E-state index contributed by atoms with van der Waals surface area (Å²) >= 11 is 0. The lowest BCUT2D eigenvalue weighted by atomic mass is 9.94. The molecule has 0 aromatic heterocycles. The second kappa shape index (κ2) is 5.67. The molecule has 13 heavy (non-hydrogen) atoms. The molecule has 2 atom stereocenters. The summed E-state index contributed by atoms with van der Waals surface area (Å²) in [5.41, 5.74) is 0. The van der Waals surface area contributed by atoms with Gasteiger partial charge < -0.3 is 0 Å². The Labute approximate surface area is 84.1 Å². The first-order chi connectivity index (χ1) is 6.24. The van der Waals surface area contributed by atoms with Crippen LogP contribution in [0.2, 0.25) is 0 Å². The van der Waals surface area contributed by atoms with E-state index < -0.39 is 0 Å². The van der Waals surface area contributed by atoms with Crippen LogP contribution in [0.1, 0.15) is 65.7 Å². The summed E-state index contributed by atoms with van der Waals surface area (Å²) in [6.45, 7) is 7.15. The molecule has 0 heterocycles. The highest BCUT2D eigenvalue weighted by Crippen LogP contribution is 2.39. The van der Waals surface area contributed by atoms with Gasteiger partial charge in [-0.2, -0.15) is 0 Å². The zero-order valence-corrected chi connectivity index (χ0v) is 9.68. The topological polar surface area (TPSA) is 0 Å². The van der Waals surface area contributed by atoms with Gasteiger partial charge in [-0.25, -0.2) is 0 Å². The molecule has 0 aliphatic heterocycles. The van der Waals surface area contributed by atoms with Crippen LogP contribution in [0.5, 0.6) is 0 Å². The van der Waals surface area contributed by atoms with Crippen LogP contribution in [0.25, 0.3) is 0 Å². The summed E-state index contributed by atoms with van der Waals surface area (Å²) in [6, 6.07) is 0. The van der Waals surface area contributed by atoms with Gasteiger partial charge in [0.15, 0.2) is 0 Å². The van der Waals surface area contributed by atoms with Gasteiger partial charge in [-0.1, -0.05) is 52.9 Å². The first-order valence-electron chi connectivity index (χ1n) is 6.24. The van der Waals surface area contributed by atoms with Crippen LogP contribution in [-0.2, 0) is 0 Å². The summed E-state index contributed by atoms with van der Waals surface area (Å²) in [5, 5.41) is 0. The standard InChI is InChI=1S/C13H26/c1-4-6-11(2)7-5-8-12(3)13-9-10-13/h11-13H,4-10H2,1-3H3. The van der Waals surface area contributed by atoms with Crippen molar-refractivity contribution < 1.29 is 0 Å². The molecule has 78 valence electrons. The molecule has 0 N–H and O–H groups in total. The molecule has 1 saturated carbocycles. The van der Waals surface area contributed by atoms with Gasteiger partial charge in [0, 0.05) is 0 Å². The third kappa shape index (κ3) is 4.69.